The number of rotatable bonds is 8. The second-order valence-electron chi connectivity index (χ2n) is 5.66. The highest BCUT2D eigenvalue weighted by atomic mass is 19.4. The molecular weight excluding hydrogens is 338 g/mol. The number of halogens is 4. The number of aryl methyl sites for hydroxylation is 1. The predicted octanol–water partition coefficient (Wildman–Crippen LogP) is 3.72. The molecule has 0 saturated carbocycles. The second-order valence-corrected chi connectivity index (χ2v) is 5.66. The van der Waals surface area contributed by atoms with Gasteiger partial charge >= 0.3 is 6.18 Å². The van der Waals surface area contributed by atoms with Crippen LogP contribution in [0.1, 0.15) is 37.4 Å². The number of hydrogen-bond acceptors (Lipinski definition) is 2. The molecule has 1 atom stereocenters. The number of nitrogens with one attached hydrogen (secondary N) is 2. The van der Waals surface area contributed by atoms with E-state index in [9.17, 15) is 17.6 Å². The van der Waals surface area contributed by atoms with Crippen LogP contribution >= 0.6 is 0 Å². The summed E-state index contributed by atoms with van der Waals surface area (Å²) in [6.45, 7) is 5.17. The third-order valence-corrected chi connectivity index (χ3v) is 3.38. The number of nitrogens with zero attached hydrogens (tertiary/aromatic N) is 1. The molecule has 25 heavy (non-hydrogen) atoms. The van der Waals surface area contributed by atoms with Crippen LogP contribution < -0.4 is 10.6 Å². The lowest BCUT2D eigenvalue weighted by Crippen LogP contribution is -2.38. The molecule has 0 fully saturated rings. The van der Waals surface area contributed by atoms with Gasteiger partial charge in [0.15, 0.2) is 5.96 Å². The first kappa shape index (κ1) is 21.2. The van der Waals surface area contributed by atoms with Gasteiger partial charge in [0, 0.05) is 19.7 Å². The fourth-order valence-electron chi connectivity index (χ4n) is 2.03. The SMILES string of the molecule is CCNC(=NCCCOCC(F)(F)F)NC(C)c1ccc(C)c(F)c1. The molecule has 1 aromatic rings. The van der Waals surface area contributed by atoms with Gasteiger partial charge in [-0.15, -0.1) is 0 Å². The van der Waals surface area contributed by atoms with Gasteiger partial charge in [0.25, 0.3) is 0 Å². The number of ether oxygens (including phenoxy) is 1. The van der Waals surface area contributed by atoms with Crippen LogP contribution in [0.2, 0.25) is 0 Å². The molecule has 142 valence electrons. The summed E-state index contributed by atoms with van der Waals surface area (Å²) < 4.78 is 54.1. The van der Waals surface area contributed by atoms with Gasteiger partial charge in [0.1, 0.15) is 12.4 Å². The zero-order chi connectivity index (χ0) is 18.9. The maximum atomic E-state index is 13.7. The number of aliphatic imine (C=N–C) groups is 1. The van der Waals surface area contributed by atoms with Crippen molar-refractivity contribution in [2.75, 3.05) is 26.3 Å². The van der Waals surface area contributed by atoms with Crippen molar-refractivity contribution in [3.63, 3.8) is 0 Å². The van der Waals surface area contributed by atoms with Gasteiger partial charge in [-0.1, -0.05) is 12.1 Å². The van der Waals surface area contributed by atoms with Crippen molar-refractivity contribution in [1.29, 1.82) is 0 Å². The monoisotopic (exact) mass is 363 g/mol. The zero-order valence-electron chi connectivity index (χ0n) is 14.7. The van der Waals surface area contributed by atoms with Crippen LogP contribution in [0.15, 0.2) is 23.2 Å². The molecule has 0 saturated heterocycles. The molecule has 2 N–H and O–H groups in total. The summed E-state index contributed by atoms with van der Waals surface area (Å²) in [5.41, 5.74) is 1.36. The quantitative estimate of drug-likeness (QED) is 0.320. The molecule has 1 aromatic carbocycles. The average molecular weight is 363 g/mol. The third-order valence-electron chi connectivity index (χ3n) is 3.38. The summed E-state index contributed by atoms with van der Waals surface area (Å²) in [6, 6.07) is 4.85. The van der Waals surface area contributed by atoms with E-state index < -0.39 is 12.8 Å². The molecule has 0 aliphatic heterocycles. The Balaban J connectivity index is 2.50. The summed E-state index contributed by atoms with van der Waals surface area (Å²) in [6.07, 6.45) is -3.93. The molecule has 0 bridgehead atoms. The van der Waals surface area contributed by atoms with E-state index in [0.29, 0.717) is 31.0 Å². The van der Waals surface area contributed by atoms with Crippen molar-refractivity contribution >= 4 is 5.96 Å². The van der Waals surface area contributed by atoms with Gasteiger partial charge in [-0.05, 0) is 44.4 Å². The van der Waals surface area contributed by atoms with E-state index in [-0.39, 0.29) is 18.5 Å². The Morgan fingerprint density at radius 2 is 2.04 bits per heavy atom. The maximum Gasteiger partial charge on any atom is 0.411 e. The third kappa shape index (κ3) is 8.72. The van der Waals surface area contributed by atoms with Gasteiger partial charge < -0.3 is 15.4 Å². The van der Waals surface area contributed by atoms with E-state index in [1.54, 1.807) is 13.0 Å². The minimum absolute atomic E-state index is 0.0128. The van der Waals surface area contributed by atoms with Gasteiger partial charge in [-0.2, -0.15) is 13.2 Å². The number of alkyl halides is 3. The Bertz CT molecular complexity index is 561. The zero-order valence-corrected chi connectivity index (χ0v) is 14.7. The maximum absolute atomic E-state index is 13.7. The molecule has 0 aliphatic carbocycles. The summed E-state index contributed by atoms with van der Waals surface area (Å²) in [7, 11) is 0. The Kier molecular flexibility index (Phi) is 8.68. The Hall–Kier alpha value is -1.83. The van der Waals surface area contributed by atoms with E-state index in [1.807, 2.05) is 19.9 Å². The van der Waals surface area contributed by atoms with Crippen molar-refractivity contribution in [2.45, 2.75) is 39.4 Å². The van der Waals surface area contributed by atoms with Crippen LogP contribution in [0.5, 0.6) is 0 Å². The van der Waals surface area contributed by atoms with Crippen LogP contribution in [0, 0.1) is 12.7 Å². The summed E-state index contributed by atoms with van der Waals surface area (Å²) in [5.74, 6) is 0.252. The number of hydrogen-bond donors (Lipinski definition) is 2. The molecule has 0 spiro atoms. The molecule has 0 aromatic heterocycles. The first-order chi connectivity index (χ1) is 11.7. The molecule has 4 nitrogen and oxygen atoms in total. The van der Waals surface area contributed by atoms with E-state index in [0.717, 1.165) is 5.56 Å². The van der Waals surface area contributed by atoms with Crippen molar-refractivity contribution in [2.24, 2.45) is 4.99 Å². The van der Waals surface area contributed by atoms with Gasteiger partial charge in [-0.25, -0.2) is 4.39 Å². The topological polar surface area (TPSA) is 45.7 Å². The minimum Gasteiger partial charge on any atom is -0.372 e. The van der Waals surface area contributed by atoms with Gasteiger partial charge in [0.2, 0.25) is 0 Å². The van der Waals surface area contributed by atoms with Crippen LogP contribution in [0.4, 0.5) is 17.6 Å². The highest BCUT2D eigenvalue weighted by molar-refractivity contribution is 5.80. The van der Waals surface area contributed by atoms with Gasteiger partial charge in [-0.3, -0.25) is 4.99 Å². The fraction of sp³-hybridized carbons (Fsp3) is 0.588. The summed E-state index contributed by atoms with van der Waals surface area (Å²) in [5, 5.41) is 6.20. The minimum atomic E-state index is -4.31. The Labute approximate surface area is 145 Å². The largest absolute Gasteiger partial charge is 0.411 e. The van der Waals surface area contributed by atoms with Crippen LogP contribution in [0.25, 0.3) is 0 Å². The highest BCUT2D eigenvalue weighted by Crippen LogP contribution is 2.16. The van der Waals surface area contributed by atoms with Crippen molar-refractivity contribution in [3.05, 3.63) is 35.1 Å². The van der Waals surface area contributed by atoms with E-state index in [4.69, 9.17) is 0 Å². The summed E-state index contributed by atoms with van der Waals surface area (Å²) in [4.78, 5) is 4.29. The number of benzene rings is 1. The molecule has 0 amide bonds. The van der Waals surface area contributed by atoms with Crippen LogP contribution in [-0.4, -0.2) is 38.4 Å². The lowest BCUT2D eigenvalue weighted by atomic mass is 10.1. The van der Waals surface area contributed by atoms with E-state index >= 15 is 0 Å². The summed E-state index contributed by atoms with van der Waals surface area (Å²) >= 11 is 0. The average Bonchev–Trinajstić information content (AvgIpc) is 2.52. The van der Waals surface area contributed by atoms with E-state index in [2.05, 4.69) is 20.4 Å². The molecule has 0 heterocycles. The van der Waals surface area contributed by atoms with Crippen molar-refractivity contribution < 1.29 is 22.3 Å². The predicted molar refractivity (Wildman–Crippen MR) is 90.2 cm³/mol. The first-order valence-electron chi connectivity index (χ1n) is 8.18. The molecule has 0 radical (unpaired) electrons. The van der Waals surface area contributed by atoms with Crippen LogP contribution in [0.3, 0.4) is 0 Å². The normalized spacial score (nSPS) is 13.6. The Morgan fingerprint density at radius 1 is 1.32 bits per heavy atom. The second kappa shape index (κ2) is 10.2. The molecule has 8 heteroatoms. The van der Waals surface area contributed by atoms with Gasteiger partial charge in [0.05, 0.1) is 6.04 Å². The highest BCUT2D eigenvalue weighted by Gasteiger charge is 2.27. The molecular formula is C17H25F4N3O. The molecule has 1 rings (SSSR count). The fourth-order valence-corrected chi connectivity index (χ4v) is 2.03. The van der Waals surface area contributed by atoms with Crippen molar-refractivity contribution in [1.82, 2.24) is 10.6 Å². The van der Waals surface area contributed by atoms with Crippen LogP contribution in [-0.2, 0) is 4.74 Å². The number of guanidine groups is 1. The lowest BCUT2D eigenvalue weighted by molar-refractivity contribution is -0.173. The molecule has 1 unspecified atom stereocenters. The Morgan fingerprint density at radius 3 is 2.64 bits per heavy atom. The lowest BCUT2D eigenvalue weighted by Gasteiger charge is -2.18. The molecule has 0 aliphatic rings. The first-order valence-corrected chi connectivity index (χ1v) is 8.18. The smallest absolute Gasteiger partial charge is 0.372 e. The van der Waals surface area contributed by atoms with E-state index in [1.165, 1.54) is 6.07 Å². The standard InChI is InChI=1S/C17H25F4N3O/c1-4-22-16(23-8-5-9-25-11-17(19,20)21)24-13(3)14-7-6-12(2)15(18)10-14/h6-7,10,13H,4-5,8-9,11H2,1-3H3,(H2,22,23,24). The van der Waals surface area contributed by atoms with Crippen molar-refractivity contribution in [3.8, 4) is 0 Å².